The van der Waals surface area contributed by atoms with Crippen molar-refractivity contribution in [1.29, 1.82) is 0 Å². The molecule has 2 heterocycles. The number of hydrogen-bond donors (Lipinski definition) is 1. The van der Waals surface area contributed by atoms with Crippen molar-refractivity contribution in [2.45, 2.75) is 52.2 Å². The largest absolute Gasteiger partial charge is 0.475 e. The Balaban J connectivity index is 2.13. The van der Waals surface area contributed by atoms with Crippen LogP contribution < -0.4 is 15.4 Å². The maximum Gasteiger partial charge on any atom is 0.228 e. The topological polar surface area (TPSA) is 64.3 Å². The van der Waals surface area contributed by atoms with Crippen LogP contribution in [-0.2, 0) is 0 Å². The van der Waals surface area contributed by atoms with Crippen molar-refractivity contribution < 1.29 is 4.74 Å². The second-order valence-electron chi connectivity index (χ2n) is 5.74. The van der Waals surface area contributed by atoms with Gasteiger partial charge in [0.15, 0.2) is 0 Å². The van der Waals surface area contributed by atoms with Gasteiger partial charge in [0.05, 0.1) is 6.10 Å². The predicted octanol–water partition coefficient (Wildman–Crippen LogP) is 2.22. The van der Waals surface area contributed by atoms with E-state index in [1.54, 1.807) is 12.3 Å². The lowest BCUT2D eigenvalue weighted by atomic mass is 9.89. The highest BCUT2D eigenvalue weighted by Crippen LogP contribution is 2.28. The van der Waals surface area contributed by atoms with Crippen LogP contribution in [-0.4, -0.2) is 35.2 Å². The zero-order valence-electron chi connectivity index (χ0n) is 12.7. The van der Waals surface area contributed by atoms with Crippen LogP contribution in [0.2, 0.25) is 0 Å². The molecule has 2 atom stereocenters. The summed E-state index contributed by atoms with van der Waals surface area (Å²) in [5.41, 5.74) is 5.94. The van der Waals surface area contributed by atoms with Gasteiger partial charge in [-0.2, -0.15) is 4.98 Å². The maximum absolute atomic E-state index is 5.94. The first kappa shape index (κ1) is 15.0. The average Bonchev–Trinajstić information content (AvgIpc) is 2.46. The Morgan fingerprint density at radius 2 is 2.30 bits per heavy atom. The standard InChI is InChI=1S/C15H26N4O/c1-4-12-6-8-19(13(9-12)10-16)15-17-7-5-14(18-15)20-11(2)3/h5,7,11-13H,4,6,8-10,16H2,1-3H3. The molecule has 1 aliphatic heterocycles. The molecule has 2 unspecified atom stereocenters. The average molecular weight is 278 g/mol. The molecule has 0 aliphatic carbocycles. The highest BCUT2D eigenvalue weighted by molar-refractivity contribution is 5.34. The summed E-state index contributed by atoms with van der Waals surface area (Å²) in [6.45, 7) is 7.87. The first-order valence-corrected chi connectivity index (χ1v) is 7.60. The summed E-state index contributed by atoms with van der Waals surface area (Å²) in [6.07, 6.45) is 5.42. The molecule has 5 nitrogen and oxygen atoms in total. The van der Waals surface area contributed by atoms with E-state index in [2.05, 4.69) is 21.8 Å². The fourth-order valence-corrected chi connectivity index (χ4v) is 2.77. The van der Waals surface area contributed by atoms with Gasteiger partial charge in [-0.3, -0.25) is 0 Å². The quantitative estimate of drug-likeness (QED) is 0.894. The molecule has 1 aromatic heterocycles. The SMILES string of the molecule is CCC1CCN(c2nccc(OC(C)C)n2)C(CN)C1. The van der Waals surface area contributed by atoms with Crippen molar-refractivity contribution in [3.05, 3.63) is 12.3 Å². The summed E-state index contributed by atoms with van der Waals surface area (Å²) in [4.78, 5) is 11.2. The Labute approximate surface area is 121 Å². The molecule has 1 saturated heterocycles. The minimum absolute atomic E-state index is 0.119. The van der Waals surface area contributed by atoms with Crippen LogP contribution in [0, 0.1) is 5.92 Å². The monoisotopic (exact) mass is 278 g/mol. The molecule has 0 aromatic carbocycles. The molecule has 2 rings (SSSR count). The van der Waals surface area contributed by atoms with Crippen LogP contribution in [0.5, 0.6) is 5.88 Å². The van der Waals surface area contributed by atoms with E-state index in [1.807, 2.05) is 13.8 Å². The normalized spacial score (nSPS) is 23.1. The molecule has 5 heteroatoms. The third kappa shape index (κ3) is 3.60. The maximum atomic E-state index is 5.94. The molecule has 0 amide bonds. The number of hydrogen-bond acceptors (Lipinski definition) is 5. The number of nitrogens with zero attached hydrogens (tertiary/aromatic N) is 3. The van der Waals surface area contributed by atoms with E-state index in [1.165, 1.54) is 12.8 Å². The fourth-order valence-electron chi connectivity index (χ4n) is 2.77. The van der Waals surface area contributed by atoms with Gasteiger partial charge in [0.25, 0.3) is 0 Å². The van der Waals surface area contributed by atoms with Crippen LogP contribution in [0.3, 0.4) is 0 Å². The molecule has 0 radical (unpaired) electrons. The van der Waals surface area contributed by atoms with Gasteiger partial charge < -0.3 is 15.4 Å². The number of anilines is 1. The van der Waals surface area contributed by atoms with Gasteiger partial charge in [0, 0.05) is 31.4 Å². The molecule has 1 aliphatic rings. The summed E-state index contributed by atoms with van der Waals surface area (Å²) < 4.78 is 5.65. The molecule has 20 heavy (non-hydrogen) atoms. The third-order valence-electron chi connectivity index (χ3n) is 3.90. The molecule has 1 fully saturated rings. The Kier molecular flexibility index (Phi) is 5.17. The number of rotatable bonds is 5. The van der Waals surface area contributed by atoms with E-state index in [0.29, 0.717) is 18.5 Å². The summed E-state index contributed by atoms with van der Waals surface area (Å²) in [5.74, 6) is 2.15. The summed E-state index contributed by atoms with van der Waals surface area (Å²) in [6, 6.07) is 2.14. The van der Waals surface area contributed by atoms with Crippen molar-refractivity contribution in [2.24, 2.45) is 11.7 Å². The van der Waals surface area contributed by atoms with Crippen molar-refractivity contribution in [2.75, 3.05) is 18.0 Å². The molecular weight excluding hydrogens is 252 g/mol. The molecule has 0 saturated carbocycles. The molecule has 1 aromatic rings. The van der Waals surface area contributed by atoms with Gasteiger partial charge >= 0.3 is 0 Å². The lowest BCUT2D eigenvalue weighted by molar-refractivity contribution is 0.232. The summed E-state index contributed by atoms with van der Waals surface area (Å²) in [7, 11) is 0. The second kappa shape index (κ2) is 6.88. The highest BCUT2D eigenvalue weighted by atomic mass is 16.5. The van der Waals surface area contributed by atoms with E-state index in [-0.39, 0.29) is 6.10 Å². The number of ether oxygens (including phenoxy) is 1. The number of piperidine rings is 1. The Hall–Kier alpha value is -1.36. The van der Waals surface area contributed by atoms with E-state index < -0.39 is 0 Å². The zero-order chi connectivity index (χ0) is 14.5. The predicted molar refractivity (Wildman–Crippen MR) is 81.0 cm³/mol. The molecular formula is C15H26N4O. The zero-order valence-corrected chi connectivity index (χ0v) is 12.7. The van der Waals surface area contributed by atoms with Crippen LogP contribution in [0.15, 0.2) is 12.3 Å². The molecule has 0 bridgehead atoms. The smallest absolute Gasteiger partial charge is 0.228 e. The van der Waals surface area contributed by atoms with Crippen LogP contribution in [0.4, 0.5) is 5.95 Å². The minimum atomic E-state index is 0.119. The second-order valence-corrected chi connectivity index (χ2v) is 5.74. The first-order valence-electron chi connectivity index (χ1n) is 7.60. The first-order chi connectivity index (χ1) is 9.63. The summed E-state index contributed by atoms with van der Waals surface area (Å²) in [5, 5.41) is 0. The van der Waals surface area contributed by atoms with Crippen molar-refractivity contribution in [1.82, 2.24) is 9.97 Å². The van der Waals surface area contributed by atoms with Gasteiger partial charge in [-0.15, -0.1) is 0 Å². The Bertz CT molecular complexity index is 424. The van der Waals surface area contributed by atoms with Crippen molar-refractivity contribution in [3.63, 3.8) is 0 Å². The van der Waals surface area contributed by atoms with Gasteiger partial charge in [-0.25, -0.2) is 4.98 Å². The lowest BCUT2D eigenvalue weighted by Gasteiger charge is -2.38. The molecule has 0 spiro atoms. The van der Waals surface area contributed by atoms with Gasteiger partial charge in [-0.05, 0) is 32.6 Å². The highest BCUT2D eigenvalue weighted by Gasteiger charge is 2.28. The van der Waals surface area contributed by atoms with Crippen molar-refractivity contribution >= 4 is 5.95 Å². The fraction of sp³-hybridized carbons (Fsp3) is 0.733. The van der Waals surface area contributed by atoms with Crippen LogP contribution >= 0.6 is 0 Å². The van der Waals surface area contributed by atoms with Crippen LogP contribution in [0.1, 0.15) is 40.0 Å². The van der Waals surface area contributed by atoms with Gasteiger partial charge in [-0.1, -0.05) is 13.3 Å². The Morgan fingerprint density at radius 3 is 2.95 bits per heavy atom. The number of aromatic nitrogens is 2. The van der Waals surface area contributed by atoms with E-state index >= 15 is 0 Å². The van der Waals surface area contributed by atoms with Gasteiger partial charge in [0.1, 0.15) is 0 Å². The van der Waals surface area contributed by atoms with Gasteiger partial charge in [0.2, 0.25) is 11.8 Å². The van der Waals surface area contributed by atoms with E-state index in [0.717, 1.165) is 24.8 Å². The van der Waals surface area contributed by atoms with Crippen LogP contribution in [0.25, 0.3) is 0 Å². The molecule has 112 valence electrons. The van der Waals surface area contributed by atoms with Crippen molar-refractivity contribution in [3.8, 4) is 5.88 Å². The van der Waals surface area contributed by atoms with E-state index in [9.17, 15) is 0 Å². The lowest BCUT2D eigenvalue weighted by Crippen LogP contribution is -2.47. The number of nitrogens with two attached hydrogens (primary N) is 1. The Morgan fingerprint density at radius 1 is 1.50 bits per heavy atom. The van der Waals surface area contributed by atoms with E-state index in [4.69, 9.17) is 10.5 Å². The summed E-state index contributed by atoms with van der Waals surface area (Å²) >= 11 is 0. The third-order valence-corrected chi connectivity index (χ3v) is 3.90. The molecule has 2 N–H and O–H groups in total. The minimum Gasteiger partial charge on any atom is -0.475 e.